The molecule has 2 aliphatic heterocycles. The number of benzene rings is 2. The van der Waals surface area contributed by atoms with Gasteiger partial charge in [-0.15, -0.1) is 0 Å². The number of nitrogens with zero attached hydrogens (tertiary/aromatic N) is 2. The first-order chi connectivity index (χ1) is 20.9. The fourth-order valence-corrected chi connectivity index (χ4v) is 6.41. The summed E-state index contributed by atoms with van der Waals surface area (Å²) >= 11 is 0. The number of hydrogen-bond donors (Lipinski definition) is 1. The molecule has 3 aliphatic rings. The molecular formula is C33H37N3O7. The van der Waals surface area contributed by atoms with Gasteiger partial charge in [0.15, 0.2) is 23.0 Å². The lowest BCUT2D eigenvalue weighted by Crippen LogP contribution is -2.47. The zero-order chi connectivity index (χ0) is 30.1. The van der Waals surface area contributed by atoms with Crippen LogP contribution in [0.15, 0.2) is 47.3 Å². The van der Waals surface area contributed by atoms with Crippen molar-refractivity contribution in [3.05, 3.63) is 69.4 Å². The lowest BCUT2D eigenvalue weighted by atomic mass is 9.95. The van der Waals surface area contributed by atoms with Gasteiger partial charge in [-0.25, -0.2) is 0 Å². The van der Waals surface area contributed by atoms with Crippen LogP contribution in [-0.4, -0.2) is 65.1 Å². The van der Waals surface area contributed by atoms with E-state index in [0.717, 1.165) is 53.4 Å². The third kappa shape index (κ3) is 5.54. The second kappa shape index (κ2) is 12.0. The summed E-state index contributed by atoms with van der Waals surface area (Å²) in [6.07, 6.45) is 1.28. The van der Waals surface area contributed by atoms with E-state index in [1.165, 1.54) is 12.5 Å². The Kier molecular flexibility index (Phi) is 8.03. The molecule has 1 fully saturated rings. The molecule has 43 heavy (non-hydrogen) atoms. The van der Waals surface area contributed by atoms with E-state index in [1.54, 1.807) is 27.4 Å². The average Bonchev–Trinajstić information content (AvgIpc) is 3.35. The van der Waals surface area contributed by atoms with Crippen LogP contribution < -0.4 is 39.3 Å². The van der Waals surface area contributed by atoms with Crippen molar-refractivity contribution in [2.24, 2.45) is 0 Å². The summed E-state index contributed by atoms with van der Waals surface area (Å²) in [6, 6.07) is 13.3. The molecule has 3 aromatic carbocycles. The highest BCUT2D eigenvalue weighted by Crippen LogP contribution is 2.50. The van der Waals surface area contributed by atoms with Crippen LogP contribution in [0, 0.1) is 0 Å². The summed E-state index contributed by atoms with van der Waals surface area (Å²) < 4.78 is 28.2. The van der Waals surface area contributed by atoms with Crippen LogP contribution in [0.25, 0.3) is 11.1 Å². The lowest BCUT2D eigenvalue weighted by molar-refractivity contribution is -0.119. The van der Waals surface area contributed by atoms with Crippen molar-refractivity contribution in [3.63, 3.8) is 0 Å². The molecule has 1 N–H and O–H groups in total. The van der Waals surface area contributed by atoms with Gasteiger partial charge >= 0.3 is 0 Å². The zero-order valence-corrected chi connectivity index (χ0v) is 25.0. The molecule has 10 nitrogen and oxygen atoms in total. The molecule has 2 heterocycles. The smallest absolute Gasteiger partial charge is 0.231 e. The molecule has 3 aromatic rings. The number of piperazine rings is 1. The highest BCUT2D eigenvalue weighted by molar-refractivity contribution is 5.83. The Morgan fingerprint density at radius 2 is 1.70 bits per heavy atom. The average molecular weight is 588 g/mol. The molecule has 226 valence electrons. The van der Waals surface area contributed by atoms with Crippen molar-refractivity contribution in [3.8, 4) is 39.9 Å². The number of carbonyl (C=O) groups is 1. The summed E-state index contributed by atoms with van der Waals surface area (Å²) in [5.41, 5.74) is 5.16. The van der Waals surface area contributed by atoms with E-state index in [4.69, 9.17) is 23.7 Å². The number of aryl methyl sites for hydroxylation is 1. The molecule has 1 unspecified atom stereocenters. The molecule has 0 saturated carbocycles. The summed E-state index contributed by atoms with van der Waals surface area (Å²) in [6.45, 7) is 5.62. The van der Waals surface area contributed by atoms with E-state index in [9.17, 15) is 9.59 Å². The first-order valence-electron chi connectivity index (χ1n) is 14.5. The van der Waals surface area contributed by atoms with Gasteiger partial charge in [0, 0.05) is 45.2 Å². The summed E-state index contributed by atoms with van der Waals surface area (Å²) in [7, 11) is 4.78. The first kappa shape index (κ1) is 28.7. The van der Waals surface area contributed by atoms with Gasteiger partial charge in [0.1, 0.15) is 0 Å². The number of amides is 1. The number of hydrogen-bond acceptors (Lipinski definition) is 9. The minimum atomic E-state index is -0.340. The summed E-state index contributed by atoms with van der Waals surface area (Å²) in [5, 5.41) is 3.07. The van der Waals surface area contributed by atoms with Gasteiger partial charge in [-0.3, -0.25) is 14.5 Å². The molecule has 0 radical (unpaired) electrons. The van der Waals surface area contributed by atoms with Crippen molar-refractivity contribution in [1.29, 1.82) is 0 Å². The van der Waals surface area contributed by atoms with E-state index in [0.29, 0.717) is 48.9 Å². The Balaban J connectivity index is 1.33. The minimum absolute atomic E-state index is 0.0799. The van der Waals surface area contributed by atoms with Gasteiger partial charge < -0.3 is 33.9 Å². The zero-order valence-electron chi connectivity index (χ0n) is 25.0. The third-order valence-electron chi connectivity index (χ3n) is 8.45. The minimum Gasteiger partial charge on any atom is -0.493 e. The lowest BCUT2D eigenvalue weighted by Gasteiger charge is -2.35. The van der Waals surface area contributed by atoms with Gasteiger partial charge in [0.2, 0.25) is 23.9 Å². The summed E-state index contributed by atoms with van der Waals surface area (Å²) in [4.78, 5) is 30.6. The number of nitrogens with one attached hydrogen (secondary N) is 1. The summed E-state index contributed by atoms with van der Waals surface area (Å²) in [5.74, 6) is 3.02. The molecule has 0 bridgehead atoms. The Labute approximate surface area is 251 Å². The second-order valence-electron chi connectivity index (χ2n) is 11.0. The largest absolute Gasteiger partial charge is 0.493 e. The van der Waals surface area contributed by atoms with E-state index in [-0.39, 0.29) is 24.2 Å². The molecule has 1 aliphatic carbocycles. The van der Waals surface area contributed by atoms with Crippen molar-refractivity contribution in [2.75, 3.05) is 59.2 Å². The fraction of sp³-hybridized carbons (Fsp3) is 0.394. The van der Waals surface area contributed by atoms with Gasteiger partial charge in [-0.2, -0.15) is 0 Å². The first-order valence-corrected chi connectivity index (χ1v) is 14.5. The van der Waals surface area contributed by atoms with Crippen molar-refractivity contribution in [1.82, 2.24) is 10.2 Å². The standard InChI is InChI=1S/C33H37N3O7/c1-20(37)34-25-8-6-22-16-30(39-2)32(40-3)33(41-4)31(22)23-7-9-26(27(38)17-24(23)25)36-13-11-35(12-14-36)18-21-5-10-28-29(15-21)43-19-42-28/h5,7,9-10,15-17,25H,6,8,11-14,18-19H2,1-4H3,(H,34,37). The van der Waals surface area contributed by atoms with Gasteiger partial charge in [-0.05, 0) is 65.4 Å². The monoisotopic (exact) mass is 587 g/mol. The van der Waals surface area contributed by atoms with E-state index in [1.807, 2.05) is 30.3 Å². The molecule has 1 atom stereocenters. The molecule has 6 rings (SSSR count). The maximum absolute atomic E-state index is 13.8. The predicted octanol–water partition coefficient (Wildman–Crippen LogP) is 3.91. The van der Waals surface area contributed by atoms with Gasteiger partial charge in [-0.1, -0.05) is 12.1 Å². The van der Waals surface area contributed by atoms with Crippen LogP contribution in [0.1, 0.15) is 36.1 Å². The highest BCUT2D eigenvalue weighted by atomic mass is 16.7. The number of ether oxygens (including phenoxy) is 5. The fourth-order valence-electron chi connectivity index (χ4n) is 6.41. The molecular weight excluding hydrogens is 550 g/mol. The molecule has 0 aromatic heterocycles. The molecule has 1 saturated heterocycles. The number of fused-ring (bicyclic) bond motifs is 4. The maximum atomic E-state index is 13.8. The topological polar surface area (TPSA) is 98.8 Å². The quantitative estimate of drug-likeness (QED) is 0.441. The Hall–Kier alpha value is -4.44. The highest BCUT2D eigenvalue weighted by Gasteiger charge is 2.30. The van der Waals surface area contributed by atoms with Crippen LogP contribution >= 0.6 is 0 Å². The van der Waals surface area contributed by atoms with E-state index in [2.05, 4.69) is 21.2 Å². The second-order valence-corrected chi connectivity index (χ2v) is 11.0. The van der Waals surface area contributed by atoms with Crippen LogP contribution in [0.3, 0.4) is 0 Å². The van der Waals surface area contributed by atoms with E-state index < -0.39 is 0 Å². The number of methoxy groups -OCH3 is 3. The maximum Gasteiger partial charge on any atom is 0.231 e. The Morgan fingerprint density at radius 3 is 2.42 bits per heavy atom. The number of anilines is 1. The normalized spacial score (nSPS) is 17.4. The number of rotatable bonds is 7. The SMILES string of the molecule is COc1cc2c(c(OC)c1OC)-c1ccc(N3CCN(Cc4ccc5c(c4)OCO5)CC3)c(=O)cc1C(NC(C)=O)CC2. The van der Waals surface area contributed by atoms with E-state index >= 15 is 0 Å². The van der Waals surface area contributed by atoms with Crippen LogP contribution in [-0.2, 0) is 17.8 Å². The van der Waals surface area contributed by atoms with Gasteiger partial charge in [0.25, 0.3) is 0 Å². The van der Waals surface area contributed by atoms with Crippen molar-refractivity contribution < 1.29 is 28.5 Å². The number of carbonyl (C=O) groups excluding carboxylic acids is 1. The van der Waals surface area contributed by atoms with Crippen LogP contribution in [0.2, 0.25) is 0 Å². The Morgan fingerprint density at radius 1 is 0.930 bits per heavy atom. The molecule has 10 heteroatoms. The third-order valence-corrected chi connectivity index (χ3v) is 8.45. The Bertz CT molecular complexity index is 1600. The van der Waals surface area contributed by atoms with Gasteiger partial charge in [0.05, 0.1) is 33.1 Å². The molecule has 1 amide bonds. The molecule has 0 spiro atoms. The van der Waals surface area contributed by atoms with Crippen LogP contribution in [0.4, 0.5) is 5.69 Å². The van der Waals surface area contributed by atoms with Crippen LogP contribution in [0.5, 0.6) is 28.7 Å². The van der Waals surface area contributed by atoms with Crippen molar-refractivity contribution in [2.45, 2.75) is 32.4 Å². The predicted molar refractivity (Wildman–Crippen MR) is 163 cm³/mol. The van der Waals surface area contributed by atoms with Crippen molar-refractivity contribution >= 4 is 11.6 Å².